The van der Waals surface area contributed by atoms with E-state index in [-0.39, 0.29) is 51.9 Å². The molecule has 1 fully saturated rings. The lowest BCUT2D eigenvalue weighted by Crippen LogP contribution is -2.58. The zero-order valence-corrected chi connectivity index (χ0v) is 18.6. The summed E-state index contributed by atoms with van der Waals surface area (Å²) in [5, 5.41) is 10.8. The van der Waals surface area contributed by atoms with Gasteiger partial charge >= 0.3 is 0 Å². The van der Waals surface area contributed by atoms with Crippen molar-refractivity contribution in [2.24, 2.45) is 0 Å². The lowest BCUT2D eigenvalue weighted by molar-refractivity contribution is -0.384. The summed E-state index contributed by atoms with van der Waals surface area (Å²) in [7, 11) is 0. The monoisotopic (exact) mass is 469 g/mol. The van der Waals surface area contributed by atoms with Gasteiger partial charge in [0.1, 0.15) is 5.82 Å². The molecule has 2 atom stereocenters. The highest BCUT2D eigenvalue weighted by atomic mass is 35.5. The van der Waals surface area contributed by atoms with Crippen LogP contribution in [0.15, 0.2) is 36.4 Å². The van der Waals surface area contributed by atoms with E-state index in [1.54, 1.807) is 17.0 Å². The Balaban J connectivity index is 1.60. The second-order valence-corrected chi connectivity index (χ2v) is 8.40. The number of rotatable bonds is 6. The Morgan fingerprint density at radius 2 is 1.77 bits per heavy atom. The molecule has 0 aromatic heterocycles. The van der Waals surface area contributed by atoms with E-state index in [1.165, 1.54) is 12.1 Å². The molecule has 2 unspecified atom stereocenters. The van der Waals surface area contributed by atoms with Gasteiger partial charge in [-0.25, -0.2) is 4.39 Å². The first kappa shape index (κ1) is 23.2. The standard InChI is InChI=1S/C21H22Cl2FN3O4/c1-13-10-26(14(2)9-25(13)11-15-3-5-16(24)6-4-15)20(28)12-31-21-18(22)7-17(27(29)30)8-19(21)23/h3-8,13-14H,9-12H2,1-2H3. The zero-order valence-electron chi connectivity index (χ0n) is 17.1. The first-order chi connectivity index (χ1) is 14.7. The molecule has 0 bridgehead atoms. The normalized spacial score (nSPS) is 19.3. The van der Waals surface area contributed by atoms with Crippen LogP contribution in [0.1, 0.15) is 19.4 Å². The van der Waals surface area contributed by atoms with Gasteiger partial charge < -0.3 is 9.64 Å². The fourth-order valence-electron chi connectivity index (χ4n) is 3.60. The summed E-state index contributed by atoms with van der Waals surface area (Å²) in [6, 6.07) is 8.70. The van der Waals surface area contributed by atoms with E-state index in [1.807, 2.05) is 13.8 Å². The molecule has 0 saturated carbocycles. The highest BCUT2D eigenvalue weighted by Gasteiger charge is 2.32. The number of carbonyl (C=O) groups excluding carboxylic acids is 1. The lowest BCUT2D eigenvalue weighted by atomic mass is 10.1. The third-order valence-electron chi connectivity index (χ3n) is 5.27. The van der Waals surface area contributed by atoms with Crippen molar-refractivity contribution in [2.75, 3.05) is 19.7 Å². The second kappa shape index (κ2) is 9.80. The molecule has 1 saturated heterocycles. The zero-order chi connectivity index (χ0) is 22.7. The first-order valence-corrected chi connectivity index (χ1v) is 10.5. The van der Waals surface area contributed by atoms with Gasteiger partial charge in [0.15, 0.2) is 12.4 Å². The molecule has 0 spiro atoms. The summed E-state index contributed by atoms with van der Waals surface area (Å²) in [5.41, 5.74) is 0.749. The minimum atomic E-state index is -0.610. The summed E-state index contributed by atoms with van der Waals surface area (Å²) in [6.07, 6.45) is 0. The van der Waals surface area contributed by atoms with E-state index >= 15 is 0 Å². The van der Waals surface area contributed by atoms with Crippen LogP contribution < -0.4 is 4.74 Å². The average Bonchev–Trinajstić information content (AvgIpc) is 2.71. The van der Waals surface area contributed by atoms with Gasteiger partial charge in [-0.2, -0.15) is 0 Å². The quantitative estimate of drug-likeness (QED) is 0.458. The molecule has 0 radical (unpaired) electrons. The number of nitro benzene ring substituents is 1. The third kappa shape index (κ3) is 5.64. The predicted octanol–water partition coefficient (Wildman–Crippen LogP) is 4.54. The summed E-state index contributed by atoms with van der Waals surface area (Å²) in [4.78, 5) is 27.0. The molecule has 1 amide bonds. The Morgan fingerprint density at radius 3 is 2.35 bits per heavy atom. The molecule has 166 valence electrons. The summed E-state index contributed by atoms with van der Waals surface area (Å²) >= 11 is 12.1. The van der Waals surface area contributed by atoms with E-state index < -0.39 is 4.92 Å². The van der Waals surface area contributed by atoms with Gasteiger partial charge in [-0.15, -0.1) is 0 Å². The number of non-ortho nitro benzene ring substituents is 1. The second-order valence-electron chi connectivity index (χ2n) is 7.58. The van der Waals surface area contributed by atoms with Crippen LogP contribution in [0.25, 0.3) is 0 Å². The largest absolute Gasteiger partial charge is 0.481 e. The van der Waals surface area contributed by atoms with Crippen LogP contribution in [-0.2, 0) is 11.3 Å². The number of piperazine rings is 1. The van der Waals surface area contributed by atoms with Crippen LogP contribution in [0.5, 0.6) is 5.75 Å². The Labute approximate surface area is 189 Å². The van der Waals surface area contributed by atoms with Crippen molar-refractivity contribution in [3.63, 3.8) is 0 Å². The van der Waals surface area contributed by atoms with Gasteiger partial charge in [-0.05, 0) is 31.5 Å². The molecule has 31 heavy (non-hydrogen) atoms. The van der Waals surface area contributed by atoms with E-state index in [0.717, 1.165) is 17.7 Å². The highest BCUT2D eigenvalue weighted by molar-refractivity contribution is 6.37. The number of amides is 1. The maximum atomic E-state index is 13.1. The van der Waals surface area contributed by atoms with Crippen molar-refractivity contribution >= 4 is 34.8 Å². The minimum Gasteiger partial charge on any atom is -0.481 e. The highest BCUT2D eigenvalue weighted by Crippen LogP contribution is 2.36. The Morgan fingerprint density at radius 1 is 1.16 bits per heavy atom. The molecule has 1 aliphatic rings. The van der Waals surface area contributed by atoms with E-state index in [2.05, 4.69) is 4.90 Å². The first-order valence-electron chi connectivity index (χ1n) is 9.70. The number of carbonyl (C=O) groups is 1. The number of hydrogen-bond acceptors (Lipinski definition) is 5. The molecule has 3 rings (SSSR count). The van der Waals surface area contributed by atoms with Crippen LogP contribution in [0, 0.1) is 15.9 Å². The van der Waals surface area contributed by atoms with Gasteiger partial charge in [-0.1, -0.05) is 35.3 Å². The van der Waals surface area contributed by atoms with Crippen molar-refractivity contribution in [1.29, 1.82) is 0 Å². The topological polar surface area (TPSA) is 75.9 Å². The fourth-order valence-corrected chi connectivity index (χ4v) is 4.18. The van der Waals surface area contributed by atoms with Crippen LogP contribution in [0.4, 0.5) is 10.1 Å². The van der Waals surface area contributed by atoms with Crippen molar-refractivity contribution in [3.8, 4) is 5.75 Å². The van der Waals surface area contributed by atoms with Crippen molar-refractivity contribution in [3.05, 3.63) is 67.9 Å². The van der Waals surface area contributed by atoms with Gasteiger partial charge in [-0.3, -0.25) is 19.8 Å². The number of nitro groups is 1. The molecule has 2 aromatic carbocycles. The number of benzene rings is 2. The number of nitrogens with zero attached hydrogens (tertiary/aromatic N) is 3. The van der Waals surface area contributed by atoms with Crippen LogP contribution >= 0.6 is 23.2 Å². The fraction of sp³-hybridized carbons (Fsp3) is 0.381. The number of hydrogen-bond donors (Lipinski definition) is 0. The molecule has 0 N–H and O–H groups in total. The van der Waals surface area contributed by atoms with Crippen molar-refractivity contribution < 1.29 is 18.8 Å². The van der Waals surface area contributed by atoms with Crippen molar-refractivity contribution in [2.45, 2.75) is 32.5 Å². The lowest BCUT2D eigenvalue weighted by Gasteiger charge is -2.44. The van der Waals surface area contributed by atoms with Crippen molar-refractivity contribution in [1.82, 2.24) is 9.80 Å². The minimum absolute atomic E-state index is 0.0301. The number of ether oxygens (including phenoxy) is 1. The number of halogens is 3. The Bertz CT molecular complexity index is 951. The van der Waals surface area contributed by atoms with Crippen LogP contribution in [-0.4, -0.2) is 52.4 Å². The molecule has 10 heteroatoms. The van der Waals surface area contributed by atoms with Gasteiger partial charge in [0.2, 0.25) is 0 Å². The van der Waals surface area contributed by atoms with Gasteiger partial charge in [0.05, 0.1) is 15.0 Å². The molecular weight excluding hydrogens is 448 g/mol. The smallest absolute Gasteiger partial charge is 0.272 e. The summed E-state index contributed by atoms with van der Waals surface area (Å²) in [5.74, 6) is -0.460. The van der Waals surface area contributed by atoms with E-state index in [0.29, 0.717) is 19.6 Å². The maximum absolute atomic E-state index is 13.1. The van der Waals surface area contributed by atoms with Gasteiger partial charge in [0.25, 0.3) is 11.6 Å². The van der Waals surface area contributed by atoms with E-state index in [9.17, 15) is 19.3 Å². The molecule has 2 aromatic rings. The Kier molecular flexibility index (Phi) is 7.35. The molecule has 7 nitrogen and oxygen atoms in total. The Hall–Kier alpha value is -2.42. The van der Waals surface area contributed by atoms with Gasteiger partial charge in [0, 0.05) is 43.9 Å². The predicted molar refractivity (Wildman–Crippen MR) is 116 cm³/mol. The summed E-state index contributed by atoms with van der Waals surface area (Å²) in [6.45, 7) is 5.52. The molecule has 1 aliphatic heterocycles. The van der Waals surface area contributed by atoms with Crippen LogP contribution in [0.2, 0.25) is 10.0 Å². The average molecular weight is 470 g/mol. The maximum Gasteiger partial charge on any atom is 0.272 e. The molecule has 0 aliphatic carbocycles. The van der Waals surface area contributed by atoms with E-state index in [4.69, 9.17) is 27.9 Å². The SMILES string of the molecule is CC1CN(C(=O)COc2c(Cl)cc([N+](=O)[O-])cc2Cl)C(C)CN1Cc1ccc(F)cc1. The molecular formula is C21H22Cl2FN3O4. The summed E-state index contributed by atoms with van der Waals surface area (Å²) < 4.78 is 18.6. The van der Waals surface area contributed by atoms with Crippen LogP contribution in [0.3, 0.4) is 0 Å². The molecule has 1 heterocycles. The third-order valence-corrected chi connectivity index (χ3v) is 5.83.